The first kappa shape index (κ1) is 14.5. The Morgan fingerprint density at radius 3 is 2.61 bits per heavy atom. The van der Waals surface area contributed by atoms with Crippen LogP contribution < -0.4 is 5.32 Å². The number of ether oxygens (including phenoxy) is 1. The average molecular weight is 318 g/mol. The van der Waals surface area contributed by atoms with Gasteiger partial charge in [0.2, 0.25) is 0 Å². The standard InChI is InChI=1S/C11H12BrNO5/c12-8-4-2-1-3-7(8)6-18-11(17)13-9(5-14)10(15)16/h1-4,9,14H,5-6H2,(H,13,17)(H,15,16)/t9-/m0/s1. The zero-order valence-corrected chi connectivity index (χ0v) is 10.9. The molecular formula is C11H12BrNO5. The fourth-order valence-corrected chi connectivity index (χ4v) is 1.53. The molecule has 0 saturated carbocycles. The Labute approximate surface area is 112 Å². The van der Waals surface area contributed by atoms with Gasteiger partial charge in [-0.15, -0.1) is 0 Å². The van der Waals surface area contributed by atoms with Crippen LogP contribution in [0.3, 0.4) is 0 Å². The van der Waals surface area contributed by atoms with Crippen molar-refractivity contribution in [3.8, 4) is 0 Å². The number of carbonyl (C=O) groups excluding carboxylic acids is 1. The Balaban J connectivity index is 2.47. The Bertz CT molecular complexity index is 437. The number of hydrogen-bond donors (Lipinski definition) is 3. The smallest absolute Gasteiger partial charge is 0.408 e. The number of alkyl carbamates (subject to hydrolysis) is 1. The fourth-order valence-electron chi connectivity index (χ4n) is 1.13. The second-order valence-electron chi connectivity index (χ2n) is 3.39. The van der Waals surface area contributed by atoms with Crippen molar-refractivity contribution >= 4 is 28.0 Å². The number of carbonyl (C=O) groups is 2. The molecule has 1 aromatic carbocycles. The highest BCUT2D eigenvalue weighted by atomic mass is 79.9. The molecule has 0 spiro atoms. The number of benzene rings is 1. The van der Waals surface area contributed by atoms with Crippen molar-refractivity contribution in [3.05, 3.63) is 34.3 Å². The summed E-state index contributed by atoms with van der Waals surface area (Å²) in [5.74, 6) is -1.32. The fraction of sp³-hybridized carbons (Fsp3) is 0.273. The molecule has 0 saturated heterocycles. The zero-order chi connectivity index (χ0) is 13.5. The molecule has 1 amide bonds. The molecule has 98 valence electrons. The summed E-state index contributed by atoms with van der Waals surface area (Å²) >= 11 is 3.29. The van der Waals surface area contributed by atoms with Gasteiger partial charge in [-0.05, 0) is 6.07 Å². The quantitative estimate of drug-likeness (QED) is 0.756. The number of amides is 1. The molecule has 18 heavy (non-hydrogen) atoms. The van der Waals surface area contributed by atoms with Gasteiger partial charge in [-0.2, -0.15) is 0 Å². The minimum atomic E-state index is -1.36. The molecule has 0 fully saturated rings. The number of carboxylic acids is 1. The number of halogens is 1. The molecule has 0 heterocycles. The molecule has 7 heteroatoms. The van der Waals surface area contributed by atoms with Gasteiger partial charge in [0.05, 0.1) is 6.61 Å². The van der Waals surface area contributed by atoms with Gasteiger partial charge in [0, 0.05) is 10.0 Å². The maximum Gasteiger partial charge on any atom is 0.408 e. The van der Waals surface area contributed by atoms with E-state index >= 15 is 0 Å². The van der Waals surface area contributed by atoms with E-state index in [1.54, 1.807) is 18.2 Å². The summed E-state index contributed by atoms with van der Waals surface area (Å²) < 4.78 is 5.62. The van der Waals surface area contributed by atoms with Crippen molar-refractivity contribution < 1.29 is 24.5 Å². The number of aliphatic hydroxyl groups excluding tert-OH is 1. The highest BCUT2D eigenvalue weighted by molar-refractivity contribution is 9.10. The second kappa shape index (κ2) is 6.97. The first-order chi connectivity index (χ1) is 8.54. The van der Waals surface area contributed by atoms with Crippen molar-refractivity contribution in [2.75, 3.05) is 6.61 Å². The number of aliphatic hydroxyl groups is 1. The molecule has 0 aliphatic rings. The molecule has 3 N–H and O–H groups in total. The van der Waals surface area contributed by atoms with Gasteiger partial charge in [-0.1, -0.05) is 34.1 Å². The summed E-state index contributed by atoms with van der Waals surface area (Å²) in [6.45, 7) is -0.690. The molecule has 6 nitrogen and oxygen atoms in total. The molecule has 0 radical (unpaired) electrons. The number of rotatable bonds is 5. The number of nitrogens with one attached hydrogen (secondary N) is 1. The van der Waals surface area contributed by atoms with Crippen LogP contribution in [0.25, 0.3) is 0 Å². The maximum absolute atomic E-state index is 11.3. The van der Waals surface area contributed by atoms with Crippen molar-refractivity contribution in [2.45, 2.75) is 12.6 Å². The summed E-state index contributed by atoms with van der Waals surface area (Å²) in [5, 5.41) is 19.4. The normalized spacial score (nSPS) is 11.7. The zero-order valence-electron chi connectivity index (χ0n) is 9.30. The lowest BCUT2D eigenvalue weighted by atomic mass is 10.2. The van der Waals surface area contributed by atoms with Crippen LogP contribution in [0.5, 0.6) is 0 Å². The number of hydrogen-bond acceptors (Lipinski definition) is 4. The van der Waals surface area contributed by atoms with E-state index in [4.69, 9.17) is 14.9 Å². The van der Waals surface area contributed by atoms with Gasteiger partial charge in [0.25, 0.3) is 0 Å². The van der Waals surface area contributed by atoms with E-state index in [0.29, 0.717) is 0 Å². The van der Waals surface area contributed by atoms with E-state index in [1.165, 1.54) is 0 Å². The predicted molar refractivity (Wildman–Crippen MR) is 66.0 cm³/mol. The topological polar surface area (TPSA) is 95.9 Å². The Morgan fingerprint density at radius 2 is 2.06 bits per heavy atom. The Kier molecular flexibility index (Phi) is 5.60. The van der Waals surface area contributed by atoms with Crippen LogP contribution in [0.15, 0.2) is 28.7 Å². The van der Waals surface area contributed by atoms with E-state index in [2.05, 4.69) is 15.9 Å². The lowest BCUT2D eigenvalue weighted by Crippen LogP contribution is -2.43. The molecule has 1 aromatic rings. The Morgan fingerprint density at radius 1 is 1.39 bits per heavy atom. The van der Waals surface area contributed by atoms with Crippen molar-refractivity contribution in [3.63, 3.8) is 0 Å². The van der Waals surface area contributed by atoms with Crippen LogP contribution >= 0.6 is 15.9 Å². The molecule has 0 aliphatic heterocycles. The third-order valence-corrected chi connectivity index (χ3v) is 2.86. The van der Waals surface area contributed by atoms with E-state index in [1.807, 2.05) is 11.4 Å². The first-order valence-electron chi connectivity index (χ1n) is 5.05. The van der Waals surface area contributed by atoms with Crippen molar-refractivity contribution in [1.29, 1.82) is 0 Å². The van der Waals surface area contributed by atoms with Crippen LogP contribution in [0.4, 0.5) is 4.79 Å². The number of aliphatic carboxylic acids is 1. The first-order valence-corrected chi connectivity index (χ1v) is 5.84. The SMILES string of the molecule is O=C(N[C@@H](CO)C(=O)O)OCc1ccccc1Br. The van der Waals surface area contributed by atoms with Crippen LogP contribution in [-0.2, 0) is 16.1 Å². The summed E-state index contributed by atoms with van der Waals surface area (Å²) in [7, 11) is 0. The van der Waals surface area contributed by atoms with Gasteiger partial charge in [-0.25, -0.2) is 9.59 Å². The highest BCUT2D eigenvalue weighted by Crippen LogP contribution is 2.16. The maximum atomic E-state index is 11.3. The third kappa shape index (κ3) is 4.34. The lowest BCUT2D eigenvalue weighted by Gasteiger charge is -2.12. The number of carboxylic acid groups (broad SMARTS) is 1. The van der Waals surface area contributed by atoms with E-state index in [9.17, 15) is 9.59 Å². The van der Waals surface area contributed by atoms with Gasteiger partial charge in [0.15, 0.2) is 6.04 Å². The minimum absolute atomic E-state index is 0.00498. The van der Waals surface area contributed by atoms with Gasteiger partial charge >= 0.3 is 12.1 Å². The van der Waals surface area contributed by atoms with Gasteiger partial charge < -0.3 is 20.3 Å². The van der Waals surface area contributed by atoms with E-state index in [-0.39, 0.29) is 6.61 Å². The third-order valence-electron chi connectivity index (χ3n) is 2.09. The predicted octanol–water partition coefficient (Wildman–Crippen LogP) is 1.12. The monoisotopic (exact) mass is 317 g/mol. The summed E-state index contributed by atoms with van der Waals surface area (Å²) in [6.07, 6.45) is -0.896. The molecule has 0 bridgehead atoms. The highest BCUT2D eigenvalue weighted by Gasteiger charge is 2.19. The summed E-state index contributed by atoms with van der Waals surface area (Å²) in [5.41, 5.74) is 0.753. The molecule has 0 aliphatic carbocycles. The Hall–Kier alpha value is -1.60. The van der Waals surface area contributed by atoms with Gasteiger partial charge in [-0.3, -0.25) is 0 Å². The largest absolute Gasteiger partial charge is 0.480 e. The van der Waals surface area contributed by atoms with E-state index < -0.39 is 24.7 Å². The molecular weight excluding hydrogens is 306 g/mol. The summed E-state index contributed by atoms with van der Waals surface area (Å²) in [4.78, 5) is 21.8. The van der Waals surface area contributed by atoms with Crippen LogP contribution in [0.1, 0.15) is 5.56 Å². The lowest BCUT2D eigenvalue weighted by molar-refractivity contribution is -0.140. The van der Waals surface area contributed by atoms with Crippen LogP contribution in [-0.4, -0.2) is 34.9 Å². The average Bonchev–Trinajstić information content (AvgIpc) is 2.34. The molecule has 1 rings (SSSR count). The second-order valence-corrected chi connectivity index (χ2v) is 4.24. The molecule has 0 unspecified atom stereocenters. The van der Waals surface area contributed by atoms with Crippen molar-refractivity contribution in [1.82, 2.24) is 5.32 Å². The van der Waals surface area contributed by atoms with Crippen LogP contribution in [0.2, 0.25) is 0 Å². The molecule has 1 atom stereocenters. The van der Waals surface area contributed by atoms with Crippen molar-refractivity contribution in [2.24, 2.45) is 0 Å². The van der Waals surface area contributed by atoms with E-state index in [0.717, 1.165) is 10.0 Å². The summed E-state index contributed by atoms with van der Waals surface area (Å²) in [6, 6.07) is 5.80. The van der Waals surface area contributed by atoms with Gasteiger partial charge in [0.1, 0.15) is 6.61 Å². The molecule has 0 aromatic heterocycles. The minimum Gasteiger partial charge on any atom is -0.480 e. The van der Waals surface area contributed by atoms with Crippen LogP contribution in [0, 0.1) is 0 Å².